The van der Waals surface area contributed by atoms with Gasteiger partial charge in [0, 0.05) is 0 Å². The first kappa shape index (κ1) is 22.1. The van der Waals surface area contributed by atoms with Crippen LogP contribution in [0.4, 0.5) is 4.39 Å². The molecule has 4 heteroatoms. The quantitative estimate of drug-likeness (QED) is 0.303. The Kier molecular flexibility index (Phi) is 7.10. The summed E-state index contributed by atoms with van der Waals surface area (Å²) >= 11 is 0. The van der Waals surface area contributed by atoms with Crippen molar-refractivity contribution in [1.82, 2.24) is 0 Å². The summed E-state index contributed by atoms with van der Waals surface area (Å²) in [4.78, 5) is 12.6. The molecule has 3 fully saturated rings. The maximum absolute atomic E-state index is 14.0. The van der Waals surface area contributed by atoms with Crippen molar-refractivity contribution >= 4 is 5.97 Å². The SMILES string of the molecule is C/C=C/C1CCC2CC(C3CCC(C(=O)Oc4ccc(C#N)cc4F)CC3)CCC2C1. The van der Waals surface area contributed by atoms with Crippen molar-refractivity contribution in [1.29, 1.82) is 5.26 Å². The van der Waals surface area contributed by atoms with Crippen LogP contribution in [0.3, 0.4) is 0 Å². The fraction of sp³-hybridized carbons (Fsp3) is 0.630. The Morgan fingerprint density at radius 3 is 2.32 bits per heavy atom. The fourth-order valence-electron chi connectivity index (χ4n) is 6.51. The Labute approximate surface area is 185 Å². The molecule has 0 spiro atoms. The van der Waals surface area contributed by atoms with E-state index in [4.69, 9.17) is 10.00 Å². The topological polar surface area (TPSA) is 50.1 Å². The zero-order valence-electron chi connectivity index (χ0n) is 18.6. The Bertz CT molecular complexity index is 849. The maximum Gasteiger partial charge on any atom is 0.314 e. The molecular weight excluding hydrogens is 389 g/mol. The van der Waals surface area contributed by atoms with Gasteiger partial charge in [0.2, 0.25) is 0 Å². The molecule has 0 bridgehead atoms. The van der Waals surface area contributed by atoms with E-state index in [1.165, 1.54) is 50.7 Å². The van der Waals surface area contributed by atoms with Crippen LogP contribution >= 0.6 is 0 Å². The van der Waals surface area contributed by atoms with Gasteiger partial charge in [0.15, 0.2) is 11.6 Å². The fourth-order valence-corrected chi connectivity index (χ4v) is 6.51. The van der Waals surface area contributed by atoms with Gasteiger partial charge in [0.1, 0.15) is 0 Å². The second-order valence-corrected chi connectivity index (χ2v) is 9.98. The number of hydrogen-bond donors (Lipinski definition) is 0. The number of nitrogens with zero attached hydrogens (tertiary/aromatic N) is 1. The molecule has 1 aromatic rings. The molecule has 3 nitrogen and oxygen atoms in total. The molecule has 0 N–H and O–H groups in total. The average molecular weight is 424 g/mol. The molecule has 0 saturated heterocycles. The standard InChI is InChI=1S/C27H34FNO2/c1-2-3-18-4-6-24-16-23(12-11-22(24)14-18)20-7-9-21(10-8-20)27(30)31-26-13-5-19(17-29)15-25(26)28/h2-3,5,13,15,18,20-24H,4,6-12,14,16H2,1H3/b3-2+. The van der Waals surface area contributed by atoms with Crippen molar-refractivity contribution in [2.24, 2.45) is 35.5 Å². The van der Waals surface area contributed by atoms with Gasteiger partial charge in [-0.15, -0.1) is 0 Å². The van der Waals surface area contributed by atoms with Crippen LogP contribution in [-0.4, -0.2) is 5.97 Å². The first-order valence-electron chi connectivity index (χ1n) is 12.1. The van der Waals surface area contributed by atoms with Crippen LogP contribution in [0.5, 0.6) is 5.75 Å². The predicted molar refractivity (Wildman–Crippen MR) is 119 cm³/mol. The van der Waals surface area contributed by atoms with Crippen molar-refractivity contribution in [2.75, 3.05) is 0 Å². The van der Waals surface area contributed by atoms with Gasteiger partial charge >= 0.3 is 5.97 Å². The maximum atomic E-state index is 14.0. The predicted octanol–water partition coefficient (Wildman–Crippen LogP) is 6.82. The molecule has 0 radical (unpaired) electrons. The highest BCUT2D eigenvalue weighted by Gasteiger charge is 2.39. The lowest BCUT2D eigenvalue weighted by atomic mass is 9.61. The highest BCUT2D eigenvalue weighted by molar-refractivity contribution is 5.75. The van der Waals surface area contributed by atoms with E-state index in [-0.39, 0.29) is 23.2 Å². The van der Waals surface area contributed by atoms with E-state index < -0.39 is 5.82 Å². The molecule has 4 rings (SSSR count). The Balaban J connectivity index is 1.25. The number of benzene rings is 1. The Morgan fingerprint density at radius 1 is 1.00 bits per heavy atom. The van der Waals surface area contributed by atoms with E-state index in [2.05, 4.69) is 19.1 Å². The minimum Gasteiger partial charge on any atom is -0.423 e. The summed E-state index contributed by atoms with van der Waals surface area (Å²) in [6, 6.07) is 5.86. The van der Waals surface area contributed by atoms with Crippen LogP contribution in [0.15, 0.2) is 30.4 Å². The number of fused-ring (bicyclic) bond motifs is 1. The van der Waals surface area contributed by atoms with E-state index in [9.17, 15) is 9.18 Å². The van der Waals surface area contributed by atoms with Gasteiger partial charge in [0.05, 0.1) is 17.6 Å². The third kappa shape index (κ3) is 5.20. The van der Waals surface area contributed by atoms with Crippen LogP contribution < -0.4 is 4.74 Å². The highest BCUT2D eigenvalue weighted by Crippen LogP contribution is 2.49. The molecule has 3 aliphatic rings. The zero-order chi connectivity index (χ0) is 21.8. The lowest BCUT2D eigenvalue weighted by Gasteiger charge is -2.45. The number of rotatable bonds is 4. The second kappa shape index (κ2) is 9.98. The molecule has 166 valence electrons. The number of esters is 1. The number of allylic oxidation sites excluding steroid dienone is 2. The summed E-state index contributed by atoms with van der Waals surface area (Å²) < 4.78 is 19.4. The summed E-state index contributed by atoms with van der Waals surface area (Å²) in [5.74, 6) is 2.97. The summed E-state index contributed by atoms with van der Waals surface area (Å²) in [6.07, 6.45) is 16.7. The molecule has 31 heavy (non-hydrogen) atoms. The first-order valence-corrected chi connectivity index (χ1v) is 12.1. The molecule has 0 aliphatic heterocycles. The van der Waals surface area contributed by atoms with Gasteiger partial charge in [-0.05, 0) is 119 Å². The second-order valence-electron chi connectivity index (χ2n) is 9.98. The van der Waals surface area contributed by atoms with E-state index in [0.717, 1.165) is 61.3 Å². The first-order chi connectivity index (χ1) is 15.1. The molecule has 3 aliphatic carbocycles. The van der Waals surface area contributed by atoms with Crippen molar-refractivity contribution in [3.8, 4) is 11.8 Å². The van der Waals surface area contributed by atoms with Gasteiger partial charge in [-0.3, -0.25) is 4.79 Å². The summed E-state index contributed by atoms with van der Waals surface area (Å²) in [7, 11) is 0. The minimum absolute atomic E-state index is 0.0713. The van der Waals surface area contributed by atoms with E-state index in [1.54, 1.807) is 0 Å². The third-order valence-corrected chi connectivity index (χ3v) is 8.20. The molecule has 0 heterocycles. The number of carbonyl (C=O) groups excluding carboxylic acids is 1. The number of halogens is 1. The summed E-state index contributed by atoms with van der Waals surface area (Å²) in [6.45, 7) is 2.13. The van der Waals surface area contributed by atoms with Crippen molar-refractivity contribution in [3.05, 3.63) is 41.7 Å². The number of carbonyl (C=O) groups is 1. The van der Waals surface area contributed by atoms with Crippen molar-refractivity contribution in [3.63, 3.8) is 0 Å². The normalized spacial score (nSPS) is 33.5. The van der Waals surface area contributed by atoms with Crippen LogP contribution in [0.2, 0.25) is 0 Å². The van der Waals surface area contributed by atoms with Crippen molar-refractivity contribution in [2.45, 2.75) is 71.1 Å². The lowest BCUT2D eigenvalue weighted by Crippen LogP contribution is -2.35. The monoisotopic (exact) mass is 423 g/mol. The van der Waals surface area contributed by atoms with E-state index >= 15 is 0 Å². The molecule has 0 amide bonds. The lowest BCUT2D eigenvalue weighted by molar-refractivity contribution is -0.140. The molecule has 3 saturated carbocycles. The molecule has 4 atom stereocenters. The van der Waals surface area contributed by atoms with Crippen LogP contribution in [0.1, 0.15) is 76.7 Å². The number of ether oxygens (including phenoxy) is 1. The average Bonchev–Trinajstić information content (AvgIpc) is 2.80. The molecule has 4 unspecified atom stereocenters. The van der Waals surface area contributed by atoms with Gasteiger partial charge in [0.25, 0.3) is 0 Å². The van der Waals surface area contributed by atoms with E-state index in [1.807, 2.05) is 6.07 Å². The molecule has 0 aromatic heterocycles. The largest absolute Gasteiger partial charge is 0.423 e. The minimum atomic E-state index is -0.651. The molecule has 1 aromatic carbocycles. The Morgan fingerprint density at radius 2 is 1.65 bits per heavy atom. The van der Waals surface area contributed by atoms with Crippen LogP contribution in [0, 0.1) is 52.7 Å². The van der Waals surface area contributed by atoms with Gasteiger partial charge in [-0.25, -0.2) is 4.39 Å². The smallest absolute Gasteiger partial charge is 0.314 e. The van der Waals surface area contributed by atoms with Crippen LogP contribution in [0.25, 0.3) is 0 Å². The van der Waals surface area contributed by atoms with Crippen LogP contribution in [-0.2, 0) is 4.79 Å². The molecular formula is C27H34FNO2. The van der Waals surface area contributed by atoms with Gasteiger partial charge in [-0.1, -0.05) is 12.2 Å². The summed E-state index contributed by atoms with van der Waals surface area (Å²) in [5.41, 5.74) is 0.225. The zero-order valence-corrected chi connectivity index (χ0v) is 18.6. The van der Waals surface area contributed by atoms with Gasteiger partial charge < -0.3 is 4.74 Å². The van der Waals surface area contributed by atoms with Crippen molar-refractivity contribution < 1.29 is 13.9 Å². The number of nitriles is 1. The Hall–Kier alpha value is -2.15. The van der Waals surface area contributed by atoms with E-state index in [0.29, 0.717) is 0 Å². The highest BCUT2D eigenvalue weighted by atomic mass is 19.1. The van der Waals surface area contributed by atoms with Gasteiger partial charge in [-0.2, -0.15) is 5.26 Å². The third-order valence-electron chi connectivity index (χ3n) is 8.20. The summed E-state index contributed by atoms with van der Waals surface area (Å²) in [5, 5.41) is 8.84. The number of hydrogen-bond acceptors (Lipinski definition) is 3.